The highest BCUT2D eigenvalue weighted by molar-refractivity contribution is 6.31. The van der Waals surface area contributed by atoms with Crippen molar-refractivity contribution in [3.05, 3.63) is 208 Å². The van der Waals surface area contributed by atoms with Crippen molar-refractivity contribution in [3.8, 4) is 5.75 Å². The summed E-state index contributed by atoms with van der Waals surface area (Å²) in [5.74, 6) is -0.842. The highest BCUT2D eigenvalue weighted by Crippen LogP contribution is 2.44. The van der Waals surface area contributed by atoms with Crippen LogP contribution in [0.5, 0.6) is 5.75 Å². The Morgan fingerprint density at radius 2 is 1.05 bits per heavy atom. The van der Waals surface area contributed by atoms with Gasteiger partial charge >= 0.3 is 0 Å². The van der Waals surface area contributed by atoms with Crippen LogP contribution in [0.25, 0.3) is 0 Å². The molecule has 0 aromatic heterocycles. The third kappa shape index (κ3) is 10.3. The van der Waals surface area contributed by atoms with Gasteiger partial charge in [0.15, 0.2) is 0 Å². The minimum absolute atomic E-state index is 0.202. The quantitative estimate of drug-likeness (QED) is 0.0997. The van der Waals surface area contributed by atoms with Gasteiger partial charge in [-0.1, -0.05) is 157 Å². The van der Waals surface area contributed by atoms with Crippen molar-refractivity contribution in [1.29, 1.82) is 0 Å². The molecule has 7 heteroatoms. The second kappa shape index (κ2) is 19.9. The van der Waals surface area contributed by atoms with E-state index in [1.54, 1.807) is 12.1 Å². The summed E-state index contributed by atoms with van der Waals surface area (Å²) in [6, 6.07) is 52.7. The van der Waals surface area contributed by atoms with Crippen LogP contribution >= 0.6 is 11.6 Å². The summed E-state index contributed by atoms with van der Waals surface area (Å²) in [6.45, 7) is 1.45. The molecule has 0 saturated heterocycles. The van der Waals surface area contributed by atoms with Crippen molar-refractivity contribution in [2.45, 2.75) is 63.2 Å². The predicted molar refractivity (Wildman–Crippen MR) is 221 cm³/mol. The van der Waals surface area contributed by atoms with E-state index in [0.717, 1.165) is 38.9 Å². The highest BCUT2D eigenvalue weighted by Gasteiger charge is 2.53. The zero-order valence-electron chi connectivity index (χ0n) is 34.2. The molecule has 6 nitrogen and oxygen atoms in total. The Bertz CT molecular complexity index is 2160. The lowest BCUT2D eigenvalue weighted by atomic mass is 9.70. The van der Waals surface area contributed by atoms with E-state index in [2.05, 4.69) is 0 Å². The molecule has 0 amide bonds. The van der Waals surface area contributed by atoms with Crippen molar-refractivity contribution in [1.82, 2.24) is 0 Å². The molecule has 1 aliphatic rings. The molecule has 6 aromatic rings. The molecular formula is C49H49ClO6. The van der Waals surface area contributed by atoms with E-state index in [0.29, 0.717) is 31.3 Å². The second-order valence-corrected chi connectivity index (χ2v) is 14.6. The van der Waals surface area contributed by atoms with Crippen LogP contribution in [0.15, 0.2) is 164 Å². The Morgan fingerprint density at radius 1 is 0.554 bits per heavy atom. The Balaban J connectivity index is 1.27. The zero-order valence-corrected chi connectivity index (χ0v) is 31.9. The van der Waals surface area contributed by atoms with Crippen LogP contribution < -0.4 is 4.74 Å². The van der Waals surface area contributed by atoms with E-state index >= 15 is 0 Å². The summed E-state index contributed by atoms with van der Waals surface area (Å²) in [7, 11) is -2.54. The molecular weight excluding hydrogens is 720 g/mol. The fourth-order valence-electron chi connectivity index (χ4n) is 7.50. The second-order valence-electron chi connectivity index (χ2n) is 14.2. The van der Waals surface area contributed by atoms with Crippen LogP contribution in [-0.2, 0) is 51.8 Å². The fraction of sp³-hybridized carbons (Fsp3) is 0.265. The molecule has 0 heterocycles. The van der Waals surface area contributed by atoms with Crippen molar-refractivity contribution in [3.63, 3.8) is 0 Å². The predicted octanol–water partition coefficient (Wildman–Crippen LogP) is 9.99. The summed E-state index contributed by atoms with van der Waals surface area (Å²) in [5, 5.41) is 13.4. The number of aliphatic hydroxyl groups excluding tert-OH is 1. The molecule has 0 radical (unpaired) electrons. The number of ether oxygens (including phenoxy) is 5. The zero-order chi connectivity index (χ0) is 41.0. The van der Waals surface area contributed by atoms with E-state index in [9.17, 15) is 5.11 Å². The van der Waals surface area contributed by atoms with Crippen molar-refractivity contribution in [2.24, 2.45) is 5.92 Å². The Kier molecular flexibility index (Phi) is 12.6. The summed E-state index contributed by atoms with van der Waals surface area (Å²) in [5.41, 5.74) is 6.59. The van der Waals surface area contributed by atoms with Gasteiger partial charge in [0, 0.05) is 16.9 Å². The van der Waals surface area contributed by atoms with Gasteiger partial charge in [-0.2, -0.15) is 0 Å². The van der Waals surface area contributed by atoms with Gasteiger partial charge < -0.3 is 28.8 Å². The van der Waals surface area contributed by atoms with Crippen molar-refractivity contribution < 1.29 is 32.9 Å². The van der Waals surface area contributed by atoms with Crippen LogP contribution in [0, 0.1) is 5.92 Å². The number of hydrogen-bond donors (Lipinski definition) is 1. The molecule has 0 unspecified atom stereocenters. The van der Waals surface area contributed by atoms with E-state index in [-0.39, 0.29) is 19.0 Å². The van der Waals surface area contributed by atoms with E-state index < -0.39 is 43.3 Å². The number of halogens is 1. The molecule has 1 fully saturated rings. The number of hydrogen-bond acceptors (Lipinski definition) is 6. The largest absolute Gasteiger partial charge is 0.497 e. The van der Waals surface area contributed by atoms with E-state index in [4.69, 9.17) is 39.4 Å². The van der Waals surface area contributed by atoms with Crippen LogP contribution in [0.3, 0.4) is 0 Å². The van der Waals surface area contributed by atoms with Gasteiger partial charge in [0.05, 0.1) is 62.5 Å². The molecule has 1 aliphatic carbocycles. The molecule has 56 heavy (non-hydrogen) atoms. The molecule has 1 saturated carbocycles. The maximum absolute atomic E-state index is 12.8. The number of methoxy groups -OCH3 is 1. The molecule has 0 bridgehead atoms. The number of rotatable bonds is 17. The van der Waals surface area contributed by atoms with Crippen molar-refractivity contribution in [2.75, 3.05) is 13.6 Å². The lowest BCUT2D eigenvalue weighted by molar-refractivity contribution is -0.228. The first-order valence-electron chi connectivity index (χ1n) is 20.5. The Labute approximate surface area is 339 Å². The first kappa shape index (κ1) is 35.6. The van der Waals surface area contributed by atoms with Gasteiger partial charge in [0.2, 0.25) is 0 Å². The average molecular weight is 772 g/mol. The third-order valence-electron chi connectivity index (χ3n) is 10.4. The normalized spacial score (nSPS) is 21.8. The highest BCUT2D eigenvalue weighted by atomic mass is 35.5. The maximum atomic E-state index is 12.8. The molecule has 6 aromatic carbocycles. The SMILES string of the molecule is [2H]C([2H])([2H])Oc1ccc(Cc2cc([C@@H]3[C@@H](O)[C@H](COCc4ccccc4)[C@@H](OCc4ccccc4)[C@H](OCc4ccccc4)[C@H]3OCc3ccccc3)ccc2Cl)cc1. The molecule has 288 valence electrons. The molecule has 1 N–H and O–H groups in total. The van der Waals surface area contributed by atoms with Crippen LogP contribution in [0.1, 0.15) is 49.0 Å². The standard InChI is InChI=1S/C49H49ClO6/c1-52-42-25-22-35(23-26-42)28-41-29-40(24-27-44(41)50)45-46(51)43(34-53-30-36-14-6-2-7-15-36)47(54-31-37-16-8-3-9-17-37)49(56-33-39-20-12-5-13-21-39)48(45)55-32-38-18-10-4-11-19-38/h2-27,29,43,45-49,51H,28,30-34H2,1H3/t43-,45+,46-,47+,48-,49-/m0/s1/i1D3. The minimum atomic E-state index is -2.54. The van der Waals surface area contributed by atoms with Crippen LogP contribution in [-0.4, -0.2) is 43.2 Å². The van der Waals surface area contributed by atoms with Crippen molar-refractivity contribution >= 4 is 11.6 Å². The summed E-state index contributed by atoms with van der Waals surface area (Å²) < 4.78 is 54.7. The number of benzene rings is 6. The Hall–Kier alpha value is -4.79. The monoisotopic (exact) mass is 771 g/mol. The van der Waals surface area contributed by atoms with E-state index in [1.165, 1.54) is 0 Å². The number of aliphatic hydroxyl groups is 1. The summed E-state index contributed by atoms with van der Waals surface area (Å²) >= 11 is 6.88. The van der Waals surface area contributed by atoms with Gasteiger partial charge in [-0.05, 0) is 63.6 Å². The Morgan fingerprint density at radius 3 is 1.59 bits per heavy atom. The van der Waals surface area contributed by atoms with Crippen LogP contribution in [0.2, 0.25) is 5.02 Å². The lowest BCUT2D eigenvalue weighted by Crippen LogP contribution is -2.60. The minimum Gasteiger partial charge on any atom is -0.497 e. The smallest absolute Gasteiger partial charge is 0.118 e. The maximum Gasteiger partial charge on any atom is 0.118 e. The van der Waals surface area contributed by atoms with Gasteiger partial charge in [0.1, 0.15) is 11.9 Å². The summed E-state index contributed by atoms with van der Waals surface area (Å²) in [4.78, 5) is 0. The first-order chi connectivity index (χ1) is 28.7. The first-order valence-corrected chi connectivity index (χ1v) is 19.4. The van der Waals surface area contributed by atoms with Gasteiger partial charge in [-0.25, -0.2) is 0 Å². The van der Waals surface area contributed by atoms with Gasteiger partial charge in [-0.3, -0.25) is 0 Å². The molecule has 0 spiro atoms. The molecule has 7 rings (SSSR count). The topological polar surface area (TPSA) is 66.4 Å². The average Bonchev–Trinajstić information content (AvgIpc) is 3.25. The van der Waals surface area contributed by atoms with Crippen LogP contribution in [0.4, 0.5) is 0 Å². The van der Waals surface area contributed by atoms with Gasteiger partial charge in [0.25, 0.3) is 0 Å². The third-order valence-corrected chi connectivity index (χ3v) is 10.8. The molecule has 0 aliphatic heterocycles. The van der Waals surface area contributed by atoms with Gasteiger partial charge in [-0.15, -0.1) is 0 Å². The fourth-order valence-corrected chi connectivity index (χ4v) is 7.68. The summed E-state index contributed by atoms with van der Waals surface area (Å²) in [6.07, 6.45) is -2.44. The van der Waals surface area contributed by atoms with E-state index in [1.807, 2.05) is 152 Å². The lowest BCUT2D eigenvalue weighted by Gasteiger charge is -2.49. The molecule has 6 atom stereocenters.